The van der Waals surface area contributed by atoms with Gasteiger partial charge in [0.25, 0.3) is 5.56 Å². The number of halogens is 1. The van der Waals surface area contributed by atoms with Gasteiger partial charge in [-0.05, 0) is 36.2 Å². The lowest BCUT2D eigenvalue weighted by Gasteiger charge is -2.07. The first-order valence-electron chi connectivity index (χ1n) is 8.02. The topological polar surface area (TPSA) is 74.8 Å². The van der Waals surface area contributed by atoms with Crippen LogP contribution in [0.5, 0.6) is 0 Å². The van der Waals surface area contributed by atoms with E-state index in [1.807, 2.05) is 18.2 Å². The lowest BCUT2D eigenvalue weighted by Crippen LogP contribution is -2.24. The maximum absolute atomic E-state index is 13.2. The minimum atomic E-state index is -0.277. The molecule has 25 heavy (non-hydrogen) atoms. The highest BCUT2D eigenvalue weighted by atomic mass is 19.1. The number of H-pyrrole nitrogens is 1. The van der Waals surface area contributed by atoms with Crippen LogP contribution in [0.15, 0.2) is 47.3 Å². The van der Waals surface area contributed by atoms with E-state index in [1.165, 1.54) is 6.07 Å². The van der Waals surface area contributed by atoms with E-state index >= 15 is 0 Å². The number of carbonyl (C=O) groups is 1. The van der Waals surface area contributed by atoms with Crippen molar-refractivity contribution in [2.75, 3.05) is 0 Å². The molecule has 0 spiro atoms. The molecule has 2 N–H and O–H groups in total. The number of benzene rings is 2. The summed E-state index contributed by atoms with van der Waals surface area (Å²) in [5, 5.41) is 2.77. The van der Waals surface area contributed by atoms with E-state index in [2.05, 4.69) is 15.3 Å². The Balaban J connectivity index is 1.59. The summed E-state index contributed by atoms with van der Waals surface area (Å²) in [6, 6.07) is 12.0. The fourth-order valence-electron chi connectivity index (χ4n) is 2.57. The number of hydrogen-bond donors (Lipinski definition) is 2. The molecule has 1 heterocycles. The predicted molar refractivity (Wildman–Crippen MR) is 93.7 cm³/mol. The third kappa shape index (κ3) is 4.09. The minimum Gasteiger partial charge on any atom is -0.352 e. The molecule has 3 rings (SSSR count). The van der Waals surface area contributed by atoms with Gasteiger partial charge in [0.1, 0.15) is 11.5 Å². The predicted octanol–water partition coefficient (Wildman–Crippen LogP) is 2.62. The first-order chi connectivity index (χ1) is 12.0. The molecule has 0 aliphatic rings. The lowest BCUT2D eigenvalue weighted by atomic mass is 10.1. The van der Waals surface area contributed by atoms with Crippen molar-refractivity contribution >= 4 is 16.9 Å². The van der Waals surface area contributed by atoms with Gasteiger partial charge in [-0.1, -0.05) is 24.3 Å². The number of aromatic nitrogens is 2. The second-order valence-electron chi connectivity index (χ2n) is 5.89. The first-order valence-corrected chi connectivity index (χ1v) is 8.02. The number of rotatable bonds is 5. The zero-order chi connectivity index (χ0) is 17.8. The molecule has 0 saturated heterocycles. The van der Waals surface area contributed by atoms with Crippen LogP contribution in [0.2, 0.25) is 0 Å². The molecule has 0 unspecified atom stereocenters. The van der Waals surface area contributed by atoms with Crippen molar-refractivity contribution in [3.63, 3.8) is 0 Å². The summed E-state index contributed by atoms with van der Waals surface area (Å²) in [6.45, 7) is 2.00. The Labute approximate surface area is 143 Å². The summed E-state index contributed by atoms with van der Waals surface area (Å²) in [6.07, 6.45) is 0.420. The monoisotopic (exact) mass is 339 g/mol. The maximum Gasteiger partial charge on any atom is 0.270 e. The summed E-state index contributed by atoms with van der Waals surface area (Å²) in [7, 11) is 0. The average molecular weight is 339 g/mol. The molecule has 3 aromatic rings. The van der Waals surface area contributed by atoms with Crippen LogP contribution in [0.25, 0.3) is 11.0 Å². The highest BCUT2D eigenvalue weighted by Gasteiger charge is 2.08. The molecule has 0 aliphatic carbocycles. The summed E-state index contributed by atoms with van der Waals surface area (Å²) in [5.74, 6) is -0.451. The van der Waals surface area contributed by atoms with E-state index in [9.17, 15) is 14.0 Å². The van der Waals surface area contributed by atoms with Crippen LogP contribution in [-0.4, -0.2) is 15.9 Å². The zero-order valence-corrected chi connectivity index (χ0v) is 13.8. The highest BCUT2D eigenvalue weighted by molar-refractivity contribution is 5.76. The molecule has 128 valence electrons. The van der Waals surface area contributed by atoms with Crippen LogP contribution >= 0.6 is 0 Å². The quantitative estimate of drug-likeness (QED) is 0.750. The Morgan fingerprint density at radius 2 is 2.04 bits per heavy atom. The summed E-state index contributed by atoms with van der Waals surface area (Å²) < 4.78 is 13.2. The van der Waals surface area contributed by atoms with Crippen LogP contribution in [-0.2, 0) is 17.8 Å². The van der Waals surface area contributed by atoms with Crippen molar-refractivity contribution in [1.29, 1.82) is 0 Å². The molecule has 5 nitrogen and oxygen atoms in total. The molecule has 0 atom stereocenters. The van der Waals surface area contributed by atoms with Crippen LogP contribution in [0.3, 0.4) is 0 Å². The van der Waals surface area contributed by atoms with Gasteiger partial charge in [0.05, 0.1) is 11.0 Å². The van der Waals surface area contributed by atoms with E-state index in [-0.39, 0.29) is 30.1 Å². The Kier molecular flexibility index (Phi) is 4.88. The van der Waals surface area contributed by atoms with E-state index in [1.54, 1.807) is 25.1 Å². The van der Waals surface area contributed by atoms with Gasteiger partial charge in [0.2, 0.25) is 5.91 Å². The van der Waals surface area contributed by atoms with Crippen molar-refractivity contribution in [1.82, 2.24) is 15.3 Å². The molecule has 0 fully saturated rings. The normalized spacial score (nSPS) is 10.8. The fourth-order valence-corrected chi connectivity index (χ4v) is 2.57. The lowest BCUT2D eigenvalue weighted by molar-refractivity contribution is -0.121. The number of para-hydroxylation sites is 2. The molecule has 1 amide bonds. The van der Waals surface area contributed by atoms with Crippen molar-refractivity contribution in [2.24, 2.45) is 0 Å². The number of amides is 1. The first kappa shape index (κ1) is 16.8. The number of aryl methyl sites for hydroxylation is 2. The van der Waals surface area contributed by atoms with Crippen molar-refractivity contribution < 1.29 is 9.18 Å². The Bertz CT molecular complexity index is 982. The second-order valence-corrected chi connectivity index (χ2v) is 5.89. The van der Waals surface area contributed by atoms with Crippen molar-refractivity contribution in [3.8, 4) is 0 Å². The zero-order valence-electron chi connectivity index (χ0n) is 13.8. The van der Waals surface area contributed by atoms with Crippen molar-refractivity contribution in [2.45, 2.75) is 26.3 Å². The molecule has 0 bridgehead atoms. The number of nitrogens with zero attached hydrogens (tertiary/aromatic N) is 1. The molecule has 1 aromatic heterocycles. The summed E-state index contributed by atoms with van der Waals surface area (Å²) in [4.78, 5) is 31.1. The van der Waals surface area contributed by atoms with Gasteiger partial charge in [0.15, 0.2) is 0 Å². The molecule has 6 heteroatoms. The van der Waals surface area contributed by atoms with E-state index in [0.717, 1.165) is 5.56 Å². The number of aromatic amines is 1. The Hall–Kier alpha value is -3.02. The fraction of sp³-hybridized carbons (Fsp3) is 0.211. The molecule has 2 aromatic carbocycles. The van der Waals surface area contributed by atoms with E-state index in [4.69, 9.17) is 0 Å². The van der Waals surface area contributed by atoms with Gasteiger partial charge in [-0.25, -0.2) is 9.37 Å². The average Bonchev–Trinajstić information content (AvgIpc) is 2.61. The van der Waals surface area contributed by atoms with E-state index in [0.29, 0.717) is 28.8 Å². The third-order valence-electron chi connectivity index (χ3n) is 3.97. The second kappa shape index (κ2) is 7.25. The maximum atomic E-state index is 13.2. The number of fused-ring (bicyclic) bond motifs is 1. The Morgan fingerprint density at radius 1 is 1.24 bits per heavy atom. The standard InChI is InChI=1S/C19H18FN3O2/c1-12-10-13(6-7-14(12)20)11-21-18(24)9-8-17-19(25)23-16-5-3-2-4-15(16)22-17/h2-7,10H,8-9,11H2,1H3,(H,21,24)(H,23,25). The van der Waals surface area contributed by atoms with Crippen LogP contribution < -0.4 is 10.9 Å². The van der Waals surface area contributed by atoms with E-state index < -0.39 is 0 Å². The summed E-state index contributed by atoms with van der Waals surface area (Å²) >= 11 is 0. The van der Waals surface area contributed by atoms with Gasteiger partial charge >= 0.3 is 0 Å². The minimum absolute atomic E-state index is 0.161. The number of nitrogens with one attached hydrogen (secondary N) is 2. The van der Waals surface area contributed by atoms with Crippen molar-refractivity contribution in [3.05, 3.63) is 75.5 Å². The van der Waals surface area contributed by atoms with Crippen LogP contribution in [0.4, 0.5) is 4.39 Å². The number of hydrogen-bond acceptors (Lipinski definition) is 3. The molecule has 0 aliphatic heterocycles. The van der Waals surface area contributed by atoms with Gasteiger partial charge in [-0.15, -0.1) is 0 Å². The Morgan fingerprint density at radius 3 is 2.84 bits per heavy atom. The van der Waals surface area contributed by atoms with Gasteiger partial charge in [0, 0.05) is 19.4 Å². The largest absolute Gasteiger partial charge is 0.352 e. The molecular weight excluding hydrogens is 321 g/mol. The van der Waals surface area contributed by atoms with Gasteiger partial charge in [-0.3, -0.25) is 9.59 Å². The van der Waals surface area contributed by atoms with Crippen LogP contribution in [0.1, 0.15) is 23.2 Å². The molecule has 0 saturated carbocycles. The summed E-state index contributed by atoms with van der Waals surface area (Å²) in [5.41, 5.74) is 2.80. The van der Waals surface area contributed by atoms with Gasteiger partial charge in [-0.2, -0.15) is 0 Å². The SMILES string of the molecule is Cc1cc(CNC(=O)CCc2nc3ccccc3[nH]c2=O)ccc1F. The van der Waals surface area contributed by atoms with Gasteiger partial charge < -0.3 is 10.3 Å². The number of carbonyl (C=O) groups excluding carboxylic acids is 1. The third-order valence-corrected chi connectivity index (χ3v) is 3.97. The smallest absolute Gasteiger partial charge is 0.270 e. The highest BCUT2D eigenvalue weighted by Crippen LogP contribution is 2.09. The van der Waals surface area contributed by atoms with Crippen LogP contribution in [0, 0.1) is 12.7 Å². The molecular formula is C19H18FN3O2. The molecule has 0 radical (unpaired) electrons.